The van der Waals surface area contributed by atoms with Crippen molar-refractivity contribution in [3.8, 4) is 0 Å². The number of benzene rings is 1. The van der Waals surface area contributed by atoms with Crippen LogP contribution in [-0.2, 0) is 23.0 Å². The van der Waals surface area contributed by atoms with Crippen LogP contribution in [0, 0.1) is 6.92 Å². The number of alkyl halides is 1. The molecule has 0 aliphatic rings. The smallest absolute Gasteiger partial charge is 0.243 e. The van der Waals surface area contributed by atoms with Crippen LogP contribution in [0.3, 0.4) is 0 Å². The van der Waals surface area contributed by atoms with E-state index in [0.29, 0.717) is 17.3 Å². The van der Waals surface area contributed by atoms with E-state index in [0.717, 1.165) is 12.0 Å². The third kappa shape index (κ3) is 3.84. The molecule has 0 saturated carbocycles. The summed E-state index contributed by atoms with van der Waals surface area (Å²) in [6, 6.07) is 8.48. The molecule has 0 bridgehead atoms. The van der Waals surface area contributed by atoms with Gasteiger partial charge < -0.3 is 4.52 Å². The van der Waals surface area contributed by atoms with Crippen molar-refractivity contribution in [3.05, 3.63) is 47.3 Å². The largest absolute Gasteiger partial charge is 0.361 e. The van der Waals surface area contributed by atoms with E-state index in [2.05, 4.69) is 5.16 Å². The van der Waals surface area contributed by atoms with Crippen molar-refractivity contribution >= 4 is 21.6 Å². The van der Waals surface area contributed by atoms with Crippen LogP contribution in [0.15, 0.2) is 39.8 Å². The van der Waals surface area contributed by atoms with Gasteiger partial charge >= 0.3 is 0 Å². The summed E-state index contributed by atoms with van der Waals surface area (Å²) in [5.41, 5.74) is 1.59. The van der Waals surface area contributed by atoms with Gasteiger partial charge in [0.15, 0.2) is 0 Å². The summed E-state index contributed by atoms with van der Waals surface area (Å²) in [5.74, 6) is 1.17. The Morgan fingerprint density at radius 1 is 1.29 bits per heavy atom. The van der Waals surface area contributed by atoms with Gasteiger partial charge in [-0.15, -0.1) is 11.6 Å². The molecule has 0 saturated heterocycles. The second-order valence-corrected chi connectivity index (χ2v) is 7.20. The lowest BCUT2D eigenvalue weighted by Crippen LogP contribution is -2.26. The minimum absolute atomic E-state index is 0.170. The van der Waals surface area contributed by atoms with E-state index >= 15 is 0 Å². The predicted octanol–water partition coefficient (Wildman–Crippen LogP) is 2.59. The van der Waals surface area contributed by atoms with E-state index in [1.54, 1.807) is 37.3 Å². The van der Waals surface area contributed by atoms with Crippen LogP contribution < -0.4 is 0 Å². The number of nitrogens with zero attached hydrogens (tertiary/aromatic N) is 2. The van der Waals surface area contributed by atoms with Gasteiger partial charge in [0.05, 0.1) is 17.1 Å². The molecule has 0 fully saturated rings. The van der Waals surface area contributed by atoms with Crippen molar-refractivity contribution < 1.29 is 12.9 Å². The first-order valence-electron chi connectivity index (χ1n) is 6.47. The van der Waals surface area contributed by atoms with Gasteiger partial charge in [0.1, 0.15) is 5.76 Å². The Hall–Kier alpha value is -1.37. The van der Waals surface area contributed by atoms with Gasteiger partial charge in [0, 0.05) is 19.0 Å². The topological polar surface area (TPSA) is 63.4 Å². The monoisotopic (exact) mass is 328 g/mol. The molecule has 1 heterocycles. The molecule has 0 amide bonds. The summed E-state index contributed by atoms with van der Waals surface area (Å²) in [6.45, 7) is 1.93. The molecule has 0 radical (unpaired) electrons. The van der Waals surface area contributed by atoms with Crippen LogP contribution in [0.2, 0.25) is 0 Å². The maximum Gasteiger partial charge on any atom is 0.243 e. The first kappa shape index (κ1) is 16.0. The normalized spacial score (nSPS) is 12.0. The number of rotatable bonds is 6. The number of hydrogen-bond donors (Lipinski definition) is 0. The highest BCUT2D eigenvalue weighted by Gasteiger charge is 2.21. The Morgan fingerprint density at radius 3 is 2.48 bits per heavy atom. The van der Waals surface area contributed by atoms with E-state index in [4.69, 9.17) is 16.1 Å². The molecule has 0 aliphatic carbocycles. The molecule has 7 heteroatoms. The molecule has 0 unspecified atom stereocenters. The number of aromatic nitrogens is 1. The maximum absolute atomic E-state index is 12.5. The van der Waals surface area contributed by atoms with Crippen molar-refractivity contribution in [1.29, 1.82) is 0 Å². The Balaban J connectivity index is 2.16. The molecule has 1 aromatic heterocycles. The first-order chi connectivity index (χ1) is 9.93. The van der Waals surface area contributed by atoms with Gasteiger partial charge in [-0.2, -0.15) is 4.31 Å². The van der Waals surface area contributed by atoms with E-state index < -0.39 is 10.0 Å². The highest BCUT2D eigenvalue weighted by molar-refractivity contribution is 7.89. The molecule has 21 heavy (non-hydrogen) atoms. The molecule has 114 valence electrons. The maximum atomic E-state index is 12.5. The molecule has 2 aromatic rings. The number of aryl methyl sites for hydroxylation is 2. The minimum Gasteiger partial charge on any atom is -0.361 e. The Labute approximate surface area is 129 Å². The van der Waals surface area contributed by atoms with Gasteiger partial charge in [-0.1, -0.05) is 17.3 Å². The summed E-state index contributed by atoms with van der Waals surface area (Å²) in [7, 11) is -2.02. The molecule has 0 atom stereocenters. The molecule has 2 rings (SSSR count). The fourth-order valence-corrected chi connectivity index (χ4v) is 3.28. The van der Waals surface area contributed by atoms with Crippen LogP contribution in [0.4, 0.5) is 0 Å². The van der Waals surface area contributed by atoms with Crippen LogP contribution in [-0.4, -0.2) is 30.8 Å². The number of sulfonamides is 1. The Kier molecular flexibility index (Phi) is 5.03. The number of halogens is 1. The lowest BCUT2D eigenvalue weighted by molar-refractivity contribution is 0.378. The average Bonchev–Trinajstić information content (AvgIpc) is 2.85. The SMILES string of the molecule is Cc1cc(CN(C)S(=O)(=O)c2ccc(CCCl)cc2)no1. The Bertz CT molecular complexity index is 695. The fraction of sp³-hybridized carbons (Fsp3) is 0.357. The third-order valence-electron chi connectivity index (χ3n) is 3.08. The zero-order valence-electron chi connectivity index (χ0n) is 11.9. The molecular weight excluding hydrogens is 312 g/mol. The summed E-state index contributed by atoms with van der Waals surface area (Å²) in [5, 5.41) is 3.81. The first-order valence-corrected chi connectivity index (χ1v) is 8.44. The van der Waals surface area contributed by atoms with Crippen LogP contribution in [0.25, 0.3) is 0 Å². The number of hydrogen-bond acceptors (Lipinski definition) is 4. The van der Waals surface area contributed by atoms with E-state index in [1.165, 1.54) is 11.4 Å². The van der Waals surface area contributed by atoms with Gasteiger partial charge in [-0.3, -0.25) is 0 Å². The molecule has 0 N–H and O–H groups in total. The van der Waals surface area contributed by atoms with Crippen molar-refractivity contribution in [1.82, 2.24) is 9.46 Å². The predicted molar refractivity (Wildman–Crippen MR) is 80.8 cm³/mol. The van der Waals surface area contributed by atoms with Crippen LogP contribution >= 0.6 is 11.6 Å². The van der Waals surface area contributed by atoms with Crippen LogP contribution in [0.5, 0.6) is 0 Å². The average molecular weight is 329 g/mol. The van der Waals surface area contributed by atoms with Gasteiger partial charge in [0.25, 0.3) is 0 Å². The van der Waals surface area contributed by atoms with Crippen molar-refractivity contribution in [2.24, 2.45) is 0 Å². The van der Waals surface area contributed by atoms with Gasteiger partial charge in [-0.25, -0.2) is 8.42 Å². The molecule has 1 aromatic carbocycles. The summed E-state index contributed by atoms with van der Waals surface area (Å²) in [4.78, 5) is 0.253. The summed E-state index contributed by atoms with van der Waals surface area (Å²) >= 11 is 5.67. The summed E-state index contributed by atoms with van der Waals surface area (Å²) in [6.07, 6.45) is 0.718. The van der Waals surface area contributed by atoms with Crippen molar-refractivity contribution in [3.63, 3.8) is 0 Å². The molecule has 5 nitrogen and oxygen atoms in total. The third-order valence-corrected chi connectivity index (χ3v) is 5.08. The zero-order chi connectivity index (χ0) is 15.5. The molecular formula is C14H17ClN2O3S. The highest BCUT2D eigenvalue weighted by Crippen LogP contribution is 2.17. The fourth-order valence-electron chi connectivity index (χ4n) is 1.92. The molecule has 0 aliphatic heterocycles. The quantitative estimate of drug-likeness (QED) is 0.765. The Morgan fingerprint density at radius 2 is 1.95 bits per heavy atom. The standard InChI is InChI=1S/C14H17ClN2O3S/c1-11-9-13(16-20-11)10-17(2)21(18,19)14-5-3-12(4-6-14)7-8-15/h3-6,9H,7-8,10H2,1-2H3. The van der Waals surface area contributed by atoms with E-state index in [1.807, 2.05) is 0 Å². The van der Waals surface area contributed by atoms with E-state index in [-0.39, 0.29) is 11.4 Å². The zero-order valence-corrected chi connectivity index (χ0v) is 13.5. The lowest BCUT2D eigenvalue weighted by atomic mass is 10.2. The van der Waals surface area contributed by atoms with Gasteiger partial charge in [-0.05, 0) is 31.0 Å². The van der Waals surface area contributed by atoms with Crippen LogP contribution in [0.1, 0.15) is 17.0 Å². The van der Waals surface area contributed by atoms with Crippen molar-refractivity contribution in [2.45, 2.75) is 24.8 Å². The second-order valence-electron chi connectivity index (χ2n) is 4.77. The van der Waals surface area contributed by atoms with Gasteiger partial charge in [0.2, 0.25) is 10.0 Å². The van der Waals surface area contributed by atoms with Crippen molar-refractivity contribution in [2.75, 3.05) is 12.9 Å². The second kappa shape index (κ2) is 6.60. The highest BCUT2D eigenvalue weighted by atomic mass is 35.5. The summed E-state index contributed by atoms with van der Waals surface area (Å²) < 4.78 is 31.1. The van der Waals surface area contributed by atoms with E-state index in [9.17, 15) is 8.42 Å². The lowest BCUT2D eigenvalue weighted by Gasteiger charge is -2.16. The molecule has 0 spiro atoms. The minimum atomic E-state index is -3.54.